The molecule has 1 heterocycles. The molecule has 0 aliphatic rings. The van der Waals surface area contributed by atoms with Crippen LogP contribution in [-0.2, 0) is 4.18 Å². The van der Waals surface area contributed by atoms with Crippen molar-refractivity contribution in [1.29, 1.82) is 0 Å². The lowest BCUT2D eigenvalue weighted by molar-refractivity contribution is 0.0772. The second-order valence-corrected chi connectivity index (χ2v) is 5.28. The van der Waals surface area contributed by atoms with E-state index in [9.17, 15) is 9.90 Å². The number of rotatable bonds is 3. The molecule has 1 aromatic heterocycles. The van der Waals surface area contributed by atoms with Gasteiger partial charge < -0.3 is 14.6 Å². The van der Waals surface area contributed by atoms with Gasteiger partial charge >= 0.3 is 5.97 Å². The van der Waals surface area contributed by atoms with Gasteiger partial charge in [-0.25, -0.2) is 4.79 Å². The van der Waals surface area contributed by atoms with E-state index in [0.29, 0.717) is 5.56 Å². The number of hydrogen-bond donors (Lipinski definition) is 3. The molecule has 0 aliphatic carbocycles. The number of hydrogen-bond acceptors (Lipinski definition) is 6. The van der Waals surface area contributed by atoms with E-state index in [2.05, 4.69) is 27.4 Å². The van der Waals surface area contributed by atoms with Gasteiger partial charge in [0.2, 0.25) is 0 Å². The molecule has 0 fully saturated rings. The number of phenols is 1. The van der Waals surface area contributed by atoms with Crippen molar-refractivity contribution >= 4 is 41.2 Å². The summed E-state index contributed by atoms with van der Waals surface area (Å²) in [5, 5.41) is 13.7. The predicted molar refractivity (Wildman–Crippen MR) is 92.3 cm³/mol. The van der Waals surface area contributed by atoms with Crippen molar-refractivity contribution in [3.63, 3.8) is 0 Å². The number of aryl methyl sites for hydroxylation is 1. The number of aromatic hydroxyl groups is 1. The molecule has 0 spiro atoms. The number of aromatic nitrogens is 1. The van der Waals surface area contributed by atoms with Crippen LogP contribution in [0.4, 0.5) is 11.4 Å². The second-order valence-electron chi connectivity index (χ2n) is 5.09. The van der Waals surface area contributed by atoms with Crippen molar-refractivity contribution < 1.29 is 14.1 Å². The van der Waals surface area contributed by atoms with E-state index < -0.39 is 5.97 Å². The van der Waals surface area contributed by atoms with E-state index in [0.717, 1.165) is 27.8 Å². The highest BCUT2D eigenvalue weighted by atomic mass is 32.1. The summed E-state index contributed by atoms with van der Waals surface area (Å²) in [7, 11) is 0. The zero-order chi connectivity index (χ0) is 16.4. The number of nitrogens with one attached hydrogen (secondary N) is 1. The van der Waals surface area contributed by atoms with Crippen molar-refractivity contribution in [1.82, 2.24) is 4.98 Å². The molecule has 2 N–H and O–H groups in total. The van der Waals surface area contributed by atoms with Gasteiger partial charge in [0.05, 0.1) is 11.1 Å². The number of carbonyl (C=O) groups is 1. The smallest absolute Gasteiger partial charge is 0.349 e. The molecular weight excluding hydrogens is 312 g/mol. The number of anilines is 2. The molecule has 3 aromatic rings. The first-order valence-electron chi connectivity index (χ1n) is 6.89. The van der Waals surface area contributed by atoms with Gasteiger partial charge in [0, 0.05) is 41.9 Å². The van der Waals surface area contributed by atoms with Crippen LogP contribution in [0, 0.1) is 6.92 Å². The molecule has 6 heteroatoms. The highest BCUT2D eigenvalue weighted by Gasteiger charge is 2.10. The predicted octanol–water partition coefficient (Wildman–Crippen LogP) is 3.99. The average molecular weight is 326 g/mol. The Labute approximate surface area is 138 Å². The van der Waals surface area contributed by atoms with Crippen molar-refractivity contribution in [3.8, 4) is 5.75 Å². The summed E-state index contributed by atoms with van der Waals surface area (Å²) in [6.07, 6.45) is 1.68. The molecule has 23 heavy (non-hydrogen) atoms. The van der Waals surface area contributed by atoms with Gasteiger partial charge in [-0.05, 0) is 42.8 Å². The lowest BCUT2D eigenvalue weighted by atomic mass is 10.1. The fourth-order valence-corrected chi connectivity index (χ4v) is 2.43. The van der Waals surface area contributed by atoms with E-state index in [1.165, 1.54) is 0 Å². The highest BCUT2D eigenvalue weighted by molar-refractivity contribution is 7.75. The van der Waals surface area contributed by atoms with E-state index in [4.69, 9.17) is 0 Å². The van der Waals surface area contributed by atoms with Gasteiger partial charge in [-0.15, -0.1) is 0 Å². The van der Waals surface area contributed by atoms with E-state index in [-0.39, 0.29) is 5.75 Å². The van der Waals surface area contributed by atoms with Crippen LogP contribution in [0.15, 0.2) is 48.7 Å². The zero-order valence-corrected chi connectivity index (χ0v) is 13.2. The number of thiol groups is 1. The molecule has 0 amide bonds. The molecule has 0 saturated heterocycles. The third kappa shape index (κ3) is 3.07. The molecular formula is C17H14N2O3S. The van der Waals surface area contributed by atoms with Crippen LogP contribution in [0.5, 0.6) is 5.75 Å². The van der Waals surface area contributed by atoms with Crippen LogP contribution < -0.4 is 5.32 Å². The summed E-state index contributed by atoms with van der Waals surface area (Å²) in [6, 6.07) is 12.0. The Morgan fingerprint density at radius 2 is 2.00 bits per heavy atom. The topological polar surface area (TPSA) is 71.5 Å². The number of benzene rings is 2. The molecule has 0 saturated carbocycles. The lowest BCUT2D eigenvalue weighted by Crippen LogP contribution is -1.99. The number of fused-ring (bicyclic) bond motifs is 1. The molecule has 0 radical (unpaired) electrons. The molecule has 2 aromatic carbocycles. The lowest BCUT2D eigenvalue weighted by Gasteiger charge is -2.12. The summed E-state index contributed by atoms with van der Waals surface area (Å²) in [6.45, 7) is 1.94. The Kier molecular flexibility index (Phi) is 4.08. The van der Waals surface area contributed by atoms with Crippen molar-refractivity contribution in [2.75, 3.05) is 5.32 Å². The van der Waals surface area contributed by atoms with Crippen molar-refractivity contribution in [3.05, 3.63) is 59.8 Å². The minimum Gasteiger partial charge on any atom is -0.508 e. The standard InChI is InChI=1S/C17H14N2O3S/c1-10-2-4-12(20)9-16(10)19-15-6-7-18-14-5-3-11(8-13(14)15)17(21)22-23/h2-9,20,23H,1H3,(H,18,19). The Bertz CT molecular complexity index is 896. The van der Waals surface area contributed by atoms with Gasteiger partial charge in [-0.2, -0.15) is 0 Å². The molecule has 0 bridgehead atoms. The van der Waals surface area contributed by atoms with Gasteiger partial charge in [0.25, 0.3) is 0 Å². The van der Waals surface area contributed by atoms with E-state index >= 15 is 0 Å². The third-order valence-corrected chi connectivity index (χ3v) is 3.72. The summed E-state index contributed by atoms with van der Waals surface area (Å²) >= 11 is 3.54. The summed E-state index contributed by atoms with van der Waals surface area (Å²) in [4.78, 5) is 15.9. The molecule has 0 unspecified atom stereocenters. The summed E-state index contributed by atoms with van der Waals surface area (Å²) < 4.78 is 4.46. The SMILES string of the molecule is Cc1ccc(O)cc1Nc1ccnc2ccc(C(=O)OS)cc12. The third-order valence-electron chi connectivity index (χ3n) is 3.55. The van der Waals surface area contributed by atoms with Crippen molar-refractivity contribution in [2.24, 2.45) is 0 Å². The zero-order valence-electron chi connectivity index (χ0n) is 12.3. The maximum absolute atomic E-state index is 11.7. The van der Waals surface area contributed by atoms with E-state index in [1.54, 1.807) is 36.5 Å². The van der Waals surface area contributed by atoms with Crippen LogP contribution >= 0.6 is 12.9 Å². The Morgan fingerprint density at radius 3 is 2.78 bits per heavy atom. The van der Waals surface area contributed by atoms with Crippen LogP contribution in [-0.4, -0.2) is 16.1 Å². The maximum atomic E-state index is 11.7. The number of phenolic OH excluding ortho intramolecular Hbond substituents is 1. The van der Waals surface area contributed by atoms with Crippen LogP contribution in [0.25, 0.3) is 10.9 Å². The van der Waals surface area contributed by atoms with Crippen molar-refractivity contribution in [2.45, 2.75) is 6.92 Å². The normalized spacial score (nSPS) is 10.5. The first-order chi connectivity index (χ1) is 11.1. The molecule has 116 valence electrons. The van der Waals surface area contributed by atoms with E-state index in [1.807, 2.05) is 19.1 Å². The summed E-state index contributed by atoms with van der Waals surface area (Å²) in [5.74, 6) is -0.352. The Hall–Kier alpha value is -2.73. The largest absolute Gasteiger partial charge is 0.508 e. The monoisotopic (exact) mass is 326 g/mol. The first kappa shape index (κ1) is 15.2. The van der Waals surface area contributed by atoms with Gasteiger partial charge in [-0.1, -0.05) is 6.07 Å². The molecule has 0 atom stereocenters. The van der Waals surface area contributed by atoms with Crippen LogP contribution in [0.2, 0.25) is 0 Å². The summed E-state index contributed by atoms with van der Waals surface area (Å²) in [5.41, 5.74) is 3.66. The van der Waals surface area contributed by atoms with Crippen LogP contribution in [0.3, 0.4) is 0 Å². The minimum absolute atomic E-state index is 0.177. The maximum Gasteiger partial charge on any atom is 0.349 e. The molecule has 5 nitrogen and oxygen atoms in total. The second kappa shape index (κ2) is 6.18. The number of carbonyl (C=O) groups excluding carboxylic acids is 1. The Balaban J connectivity index is 2.09. The Morgan fingerprint density at radius 1 is 1.17 bits per heavy atom. The average Bonchev–Trinajstić information content (AvgIpc) is 2.57. The van der Waals surface area contributed by atoms with Gasteiger partial charge in [0.15, 0.2) is 0 Å². The quantitative estimate of drug-likeness (QED) is 0.501. The van der Waals surface area contributed by atoms with Crippen LogP contribution in [0.1, 0.15) is 15.9 Å². The molecule has 3 rings (SSSR count). The minimum atomic E-state index is -0.529. The molecule has 0 aliphatic heterocycles. The van der Waals surface area contributed by atoms with Gasteiger partial charge in [0.1, 0.15) is 5.75 Å². The first-order valence-corrected chi connectivity index (χ1v) is 7.26. The number of pyridine rings is 1. The number of nitrogens with zero attached hydrogens (tertiary/aromatic N) is 1. The fraction of sp³-hybridized carbons (Fsp3) is 0.0588. The fourth-order valence-electron chi connectivity index (χ4n) is 2.32. The van der Waals surface area contributed by atoms with Gasteiger partial charge in [-0.3, -0.25) is 4.98 Å². The highest BCUT2D eigenvalue weighted by Crippen LogP contribution is 2.29.